The van der Waals surface area contributed by atoms with Crippen LogP contribution in [0.3, 0.4) is 0 Å². The first-order valence-corrected chi connectivity index (χ1v) is 8.88. The van der Waals surface area contributed by atoms with Crippen molar-refractivity contribution in [2.75, 3.05) is 0 Å². The van der Waals surface area contributed by atoms with Crippen LogP contribution in [0.5, 0.6) is 0 Å². The number of carbonyl (C=O) groups is 1. The number of carbonyl (C=O) groups excluding carboxylic acids is 1. The Balaban J connectivity index is 1.60. The molecule has 3 rings (SSSR count). The summed E-state index contributed by atoms with van der Waals surface area (Å²) in [6.07, 6.45) is 7.20. The minimum atomic E-state index is 0.198. The molecule has 1 aliphatic carbocycles. The monoisotopic (exact) mass is 312 g/mol. The van der Waals surface area contributed by atoms with E-state index >= 15 is 0 Å². The number of benzene rings is 1. The zero-order valence-corrected chi connectivity index (χ0v) is 14.5. The molecule has 124 valence electrons. The smallest absolute Gasteiger partial charge is 0.220 e. The number of rotatable bonds is 4. The molecule has 0 radical (unpaired) electrons. The van der Waals surface area contributed by atoms with Gasteiger partial charge >= 0.3 is 0 Å². The van der Waals surface area contributed by atoms with Gasteiger partial charge < -0.3 is 9.88 Å². The highest BCUT2D eigenvalue weighted by molar-refractivity contribution is 5.85. The number of hydrogen-bond donors (Lipinski definition) is 1. The maximum atomic E-state index is 12.4. The average Bonchev–Trinajstić information content (AvgIpc) is 2.87. The molecule has 0 spiro atoms. The standard InChI is InChI=1S/C20H28N2O/c1-14-7-6-9-18(15(14)2)21-20(23)12-11-16-13-22(3)19-10-5-4-8-17(16)19/h4-5,8,10,13-15,18H,6-7,9,11-12H2,1-3H3,(H,21,23)/t14-,15-,18+/m1/s1. The van der Waals surface area contributed by atoms with E-state index in [1.165, 1.54) is 29.3 Å². The largest absolute Gasteiger partial charge is 0.353 e. The van der Waals surface area contributed by atoms with Crippen molar-refractivity contribution in [3.63, 3.8) is 0 Å². The fourth-order valence-electron chi connectivity index (χ4n) is 3.94. The van der Waals surface area contributed by atoms with Crippen LogP contribution in [0.25, 0.3) is 10.9 Å². The molecule has 0 bridgehead atoms. The number of nitrogens with one attached hydrogen (secondary N) is 1. The Morgan fingerprint density at radius 2 is 2.04 bits per heavy atom. The normalized spacial score (nSPS) is 24.7. The molecule has 1 N–H and O–H groups in total. The van der Waals surface area contributed by atoms with Crippen LogP contribution < -0.4 is 5.32 Å². The summed E-state index contributed by atoms with van der Waals surface area (Å²) in [5.41, 5.74) is 2.50. The maximum Gasteiger partial charge on any atom is 0.220 e. The van der Waals surface area contributed by atoms with Crippen LogP contribution in [0.15, 0.2) is 30.5 Å². The Hall–Kier alpha value is -1.77. The molecule has 0 aliphatic heterocycles. The van der Waals surface area contributed by atoms with Gasteiger partial charge in [-0.2, -0.15) is 0 Å². The zero-order valence-electron chi connectivity index (χ0n) is 14.5. The Kier molecular flexibility index (Phi) is 4.74. The lowest BCUT2D eigenvalue weighted by molar-refractivity contribution is -0.122. The van der Waals surface area contributed by atoms with Gasteiger partial charge in [0, 0.05) is 36.6 Å². The molecule has 1 fully saturated rings. The first-order chi connectivity index (χ1) is 11.1. The van der Waals surface area contributed by atoms with Crippen molar-refractivity contribution < 1.29 is 4.79 Å². The minimum absolute atomic E-state index is 0.198. The van der Waals surface area contributed by atoms with Crippen molar-refractivity contribution in [2.24, 2.45) is 18.9 Å². The van der Waals surface area contributed by atoms with Gasteiger partial charge in [0.05, 0.1) is 0 Å². The number of aromatic nitrogens is 1. The van der Waals surface area contributed by atoms with E-state index in [2.05, 4.69) is 61.2 Å². The SMILES string of the molecule is C[C@@H]1[C@H](C)CCC[C@@H]1NC(=O)CCc1cn(C)c2ccccc12. The lowest BCUT2D eigenvalue weighted by Gasteiger charge is -2.34. The van der Waals surface area contributed by atoms with Gasteiger partial charge in [-0.15, -0.1) is 0 Å². The summed E-state index contributed by atoms with van der Waals surface area (Å²) in [6, 6.07) is 8.76. The third-order valence-electron chi connectivity index (χ3n) is 5.65. The number of amides is 1. The second kappa shape index (κ2) is 6.77. The van der Waals surface area contributed by atoms with E-state index in [-0.39, 0.29) is 5.91 Å². The minimum Gasteiger partial charge on any atom is -0.353 e. The summed E-state index contributed by atoms with van der Waals surface area (Å²) in [6.45, 7) is 4.58. The van der Waals surface area contributed by atoms with Crippen molar-refractivity contribution in [3.05, 3.63) is 36.0 Å². The number of fused-ring (bicyclic) bond motifs is 1. The molecule has 1 aromatic heterocycles. The van der Waals surface area contributed by atoms with Crippen molar-refractivity contribution in [3.8, 4) is 0 Å². The number of hydrogen-bond acceptors (Lipinski definition) is 1. The van der Waals surface area contributed by atoms with Crippen LogP contribution >= 0.6 is 0 Å². The van der Waals surface area contributed by atoms with E-state index in [1.807, 2.05) is 0 Å². The number of aryl methyl sites for hydroxylation is 2. The molecular formula is C20H28N2O. The third kappa shape index (κ3) is 3.44. The molecule has 1 saturated carbocycles. The second-order valence-corrected chi connectivity index (χ2v) is 7.22. The van der Waals surface area contributed by atoms with Crippen molar-refractivity contribution >= 4 is 16.8 Å². The molecule has 3 atom stereocenters. The van der Waals surface area contributed by atoms with Crippen LogP contribution in [-0.4, -0.2) is 16.5 Å². The Morgan fingerprint density at radius 3 is 2.87 bits per heavy atom. The predicted molar refractivity (Wildman–Crippen MR) is 95.3 cm³/mol. The summed E-state index contributed by atoms with van der Waals surface area (Å²) in [5, 5.41) is 4.54. The van der Waals surface area contributed by atoms with Gasteiger partial charge in [0.15, 0.2) is 0 Å². The molecule has 0 saturated heterocycles. The molecule has 1 heterocycles. The quantitative estimate of drug-likeness (QED) is 0.908. The molecule has 2 aromatic rings. The van der Waals surface area contributed by atoms with Crippen molar-refractivity contribution in [2.45, 2.75) is 52.0 Å². The van der Waals surface area contributed by atoms with E-state index < -0.39 is 0 Å². The number of nitrogens with zero attached hydrogens (tertiary/aromatic N) is 1. The van der Waals surface area contributed by atoms with E-state index in [1.54, 1.807) is 0 Å². The van der Waals surface area contributed by atoms with Gasteiger partial charge in [-0.05, 0) is 36.3 Å². The summed E-state index contributed by atoms with van der Waals surface area (Å²) in [7, 11) is 2.07. The average molecular weight is 312 g/mol. The molecule has 3 heteroatoms. The highest BCUT2D eigenvalue weighted by Crippen LogP contribution is 2.29. The first-order valence-electron chi connectivity index (χ1n) is 8.88. The van der Waals surface area contributed by atoms with Gasteiger partial charge in [-0.25, -0.2) is 0 Å². The van der Waals surface area contributed by atoms with E-state index in [0.29, 0.717) is 24.3 Å². The predicted octanol–water partition coefficient (Wildman–Crippen LogP) is 4.05. The lowest BCUT2D eigenvalue weighted by atomic mass is 9.78. The Bertz CT molecular complexity index is 688. The van der Waals surface area contributed by atoms with E-state index in [4.69, 9.17) is 0 Å². The molecule has 1 amide bonds. The highest BCUT2D eigenvalue weighted by Gasteiger charge is 2.27. The Morgan fingerprint density at radius 1 is 1.26 bits per heavy atom. The molecule has 23 heavy (non-hydrogen) atoms. The summed E-state index contributed by atoms with van der Waals surface area (Å²) >= 11 is 0. The Labute approximate surface area is 139 Å². The zero-order chi connectivity index (χ0) is 16.4. The van der Waals surface area contributed by atoms with Crippen LogP contribution in [0.4, 0.5) is 0 Å². The van der Waals surface area contributed by atoms with Crippen molar-refractivity contribution in [1.29, 1.82) is 0 Å². The topological polar surface area (TPSA) is 34.0 Å². The summed E-state index contributed by atoms with van der Waals surface area (Å²) in [5.74, 6) is 1.50. The van der Waals surface area contributed by atoms with Crippen LogP contribution in [0.2, 0.25) is 0 Å². The van der Waals surface area contributed by atoms with Crippen LogP contribution in [-0.2, 0) is 18.3 Å². The lowest BCUT2D eigenvalue weighted by Crippen LogP contribution is -2.43. The van der Waals surface area contributed by atoms with Gasteiger partial charge in [0.25, 0.3) is 0 Å². The van der Waals surface area contributed by atoms with Crippen molar-refractivity contribution in [1.82, 2.24) is 9.88 Å². The maximum absolute atomic E-state index is 12.4. The molecule has 0 unspecified atom stereocenters. The highest BCUT2D eigenvalue weighted by atomic mass is 16.1. The van der Waals surface area contributed by atoms with Gasteiger partial charge in [-0.1, -0.05) is 44.9 Å². The van der Waals surface area contributed by atoms with E-state index in [0.717, 1.165) is 12.8 Å². The summed E-state index contributed by atoms with van der Waals surface area (Å²) in [4.78, 5) is 12.4. The van der Waals surface area contributed by atoms with Crippen LogP contribution in [0, 0.1) is 11.8 Å². The van der Waals surface area contributed by atoms with Crippen LogP contribution in [0.1, 0.15) is 45.1 Å². The van der Waals surface area contributed by atoms with Gasteiger partial charge in [0.1, 0.15) is 0 Å². The third-order valence-corrected chi connectivity index (χ3v) is 5.65. The van der Waals surface area contributed by atoms with Gasteiger partial charge in [0.2, 0.25) is 5.91 Å². The first kappa shape index (κ1) is 16.1. The fourth-order valence-corrected chi connectivity index (χ4v) is 3.94. The fraction of sp³-hybridized carbons (Fsp3) is 0.550. The summed E-state index contributed by atoms with van der Waals surface area (Å²) < 4.78 is 2.15. The molecule has 1 aromatic carbocycles. The molecule has 1 aliphatic rings. The molecular weight excluding hydrogens is 284 g/mol. The molecule has 3 nitrogen and oxygen atoms in total. The number of para-hydroxylation sites is 1. The second-order valence-electron chi connectivity index (χ2n) is 7.22. The van der Waals surface area contributed by atoms with E-state index in [9.17, 15) is 4.79 Å². The van der Waals surface area contributed by atoms with Gasteiger partial charge in [-0.3, -0.25) is 4.79 Å².